The van der Waals surface area contributed by atoms with Crippen LogP contribution in [0.25, 0.3) is 0 Å². The van der Waals surface area contributed by atoms with Crippen molar-refractivity contribution in [3.63, 3.8) is 0 Å². The van der Waals surface area contributed by atoms with Gasteiger partial charge in [-0.3, -0.25) is 9.59 Å². The lowest BCUT2D eigenvalue weighted by Gasteiger charge is -2.24. The largest absolute Gasteiger partial charge is 0.462 e. The van der Waals surface area contributed by atoms with Crippen LogP contribution in [0.5, 0.6) is 0 Å². The molecule has 0 aromatic carbocycles. The van der Waals surface area contributed by atoms with Gasteiger partial charge in [0.05, 0.1) is 25.2 Å². The molecule has 0 bridgehead atoms. The second-order valence-electron chi connectivity index (χ2n) is 17.0. The Morgan fingerprint density at radius 2 is 0.879 bits per heavy atom. The highest BCUT2D eigenvalue weighted by Crippen LogP contribution is 2.18. The molecule has 1 amide bonds. The smallest absolute Gasteiger partial charge is 0.306 e. The predicted octanol–water partition coefficient (Wildman–Crippen LogP) is 14.7. The monoisotopic (exact) mass is 814 g/mol. The van der Waals surface area contributed by atoms with Gasteiger partial charge < -0.3 is 20.3 Å². The molecular formula is C52H95NO5. The number of carbonyl (C=O) groups excluding carboxylic acids is 2. The minimum atomic E-state index is -0.789. The van der Waals surface area contributed by atoms with Crippen LogP contribution in [0.4, 0.5) is 0 Å². The zero-order chi connectivity index (χ0) is 42.4. The molecule has 0 aliphatic rings. The molecule has 338 valence electrons. The van der Waals surface area contributed by atoms with Crippen LogP contribution in [-0.2, 0) is 14.3 Å². The molecule has 58 heavy (non-hydrogen) atoms. The number of hydrogen-bond acceptors (Lipinski definition) is 5. The standard InChI is InChI=1S/C52H95NO5/c1-4-7-10-13-16-19-22-23-24-25-26-27-28-30-33-36-39-42-45-52(57)58-48(43-40-37-34-31-21-18-15-12-9-6-3)46-51(56)53-49(47-54)50(55)44-41-38-35-32-29-20-17-14-11-8-5-2/h16,19,22-27,48-50,54-55H,4-15,17-18,20-21,28-47H2,1-3H3,(H,53,56)/b19-16+,23-22+,25-24+,27-26+. The lowest BCUT2D eigenvalue weighted by Crippen LogP contribution is -2.46. The molecule has 6 heteroatoms. The maximum atomic E-state index is 13.1. The Morgan fingerprint density at radius 1 is 0.500 bits per heavy atom. The maximum absolute atomic E-state index is 13.1. The Morgan fingerprint density at radius 3 is 1.36 bits per heavy atom. The number of ether oxygens (including phenoxy) is 1. The number of carbonyl (C=O) groups is 2. The molecule has 0 aromatic rings. The Labute approximate surface area is 359 Å². The van der Waals surface area contributed by atoms with E-state index in [0.29, 0.717) is 19.3 Å². The molecule has 0 spiro atoms. The number of rotatable bonds is 44. The van der Waals surface area contributed by atoms with Crippen LogP contribution in [0.2, 0.25) is 0 Å². The van der Waals surface area contributed by atoms with Crippen molar-refractivity contribution in [1.82, 2.24) is 5.32 Å². The van der Waals surface area contributed by atoms with Crippen molar-refractivity contribution in [2.75, 3.05) is 6.61 Å². The van der Waals surface area contributed by atoms with Crippen LogP contribution < -0.4 is 5.32 Å². The topological polar surface area (TPSA) is 95.9 Å². The SMILES string of the molecule is CCCCC/C=C/C=C/C=C/C=C/CCCCCCCC(=O)OC(CCCCCCCCCCCC)CC(=O)NC(CO)C(O)CCCCCCCCCCCCC. The van der Waals surface area contributed by atoms with Gasteiger partial charge in [0.2, 0.25) is 5.91 Å². The Bertz CT molecular complexity index is 1000. The third-order valence-electron chi connectivity index (χ3n) is 11.3. The fourth-order valence-corrected chi connectivity index (χ4v) is 7.44. The fourth-order valence-electron chi connectivity index (χ4n) is 7.44. The molecule has 0 fully saturated rings. The number of hydrogen-bond donors (Lipinski definition) is 3. The third-order valence-corrected chi connectivity index (χ3v) is 11.3. The van der Waals surface area contributed by atoms with Crippen molar-refractivity contribution < 1.29 is 24.5 Å². The molecule has 0 rings (SSSR count). The second kappa shape index (κ2) is 45.9. The summed E-state index contributed by atoms with van der Waals surface area (Å²) in [6.45, 7) is 6.42. The summed E-state index contributed by atoms with van der Waals surface area (Å²) in [7, 11) is 0. The van der Waals surface area contributed by atoms with E-state index < -0.39 is 18.2 Å². The van der Waals surface area contributed by atoms with Crippen LogP contribution in [0, 0.1) is 0 Å². The summed E-state index contributed by atoms with van der Waals surface area (Å²) in [4.78, 5) is 26.0. The highest BCUT2D eigenvalue weighted by Gasteiger charge is 2.24. The summed E-state index contributed by atoms with van der Waals surface area (Å²) in [5.41, 5.74) is 0. The van der Waals surface area contributed by atoms with Crippen LogP contribution >= 0.6 is 0 Å². The van der Waals surface area contributed by atoms with Gasteiger partial charge in [-0.05, 0) is 51.4 Å². The van der Waals surface area contributed by atoms with Crippen molar-refractivity contribution in [2.45, 2.75) is 264 Å². The minimum Gasteiger partial charge on any atom is -0.462 e. The van der Waals surface area contributed by atoms with Gasteiger partial charge in [-0.25, -0.2) is 0 Å². The zero-order valence-electron chi connectivity index (χ0n) is 38.4. The van der Waals surface area contributed by atoms with Crippen LogP contribution in [0.15, 0.2) is 48.6 Å². The summed E-state index contributed by atoms with van der Waals surface area (Å²) < 4.78 is 5.91. The molecule has 0 radical (unpaired) electrons. The molecular weight excluding hydrogens is 719 g/mol. The van der Waals surface area contributed by atoms with Crippen molar-refractivity contribution in [1.29, 1.82) is 0 Å². The number of aliphatic hydroxyl groups is 2. The fraction of sp³-hybridized carbons (Fsp3) is 0.808. The summed E-state index contributed by atoms with van der Waals surface area (Å²) in [6, 6.07) is -0.703. The van der Waals surface area contributed by atoms with Gasteiger partial charge in [-0.1, -0.05) is 230 Å². The third kappa shape index (κ3) is 40.6. The molecule has 0 aliphatic carbocycles. The van der Waals surface area contributed by atoms with E-state index in [0.717, 1.165) is 77.0 Å². The van der Waals surface area contributed by atoms with E-state index in [2.05, 4.69) is 74.7 Å². The lowest BCUT2D eigenvalue weighted by molar-refractivity contribution is -0.151. The van der Waals surface area contributed by atoms with Gasteiger partial charge in [-0.2, -0.15) is 0 Å². The van der Waals surface area contributed by atoms with Gasteiger partial charge >= 0.3 is 5.97 Å². The first-order valence-corrected chi connectivity index (χ1v) is 24.9. The van der Waals surface area contributed by atoms with Crippen LogP contribution in [-0.4, -0.2) is 46.9 Å². The van der Waals surface area contributed by atoms with E-state index in [1.807, 2.05) is 0 Å². The van der Waals surface area contributed by atoms with Gasteiger partial charge in [0.15, 0.2) is 0 Å². The molecule has 3 N–H and O–H groups in total. The molecule has 3 atom stereocenters. The first kappa shape index (κ1) is 55.8. The van der Waals surface area contributed by atoms with Gasteiger partial charge in [0, 0.05) is 6.42 Å². The van der Waals surface area contributed by atoms with E-state index in [9.17, 15) is 19.8 Å². The number of esters is 1. The van der Waals surface area contributed by atoms with Crippen molar-refractivity contribution in [3.8, 4) is 0 Å². The maximum Gasteiger partial charge on any atom is 0.306 e. The van der Waals surface area contributed by atoms with E-state index in [1.54, 1.807) is 0 Å². The van der Waals surface area contributed by atoms with Gasteiger partial charge in [-0.15, -0.1) is 0 Å². The van der Waals surface area contributed by atoms with Gasteiger partial charge in [0.1, 0.15) is 6.10 Å². The van der Waals surface area contributed by atoms with E-state index in [-0.39, 0.29) is 24.9 Å². The average Bonchev–Trinajstić information content (AvgIpc) is 3.22. The first-order valence-electron chi connectivity index (χ1n) is 24.9. The van der Waals surface area contributed by atoms with E-state index in [1.165, 1.54) is 122 Å². The minimum absolute atomic E-state index is 0.0694. The summed E-state index contributed by atoms with van der Waals surface area (Å²) >= 11 is 0. The lowest BCUT2D eigenvalue weighted by atomic mass is 10.0. The second-order valence-corrected chi connectivity index (χ2v) is 17.0. The van der Waals surface area contributed by atoms with Crippen LogP contribution in [0.3, 0.4) is 0 Å². The number of amides is 1. The Balaban J connectivity index is 4.56. The molecule has 0 heterocycles. The summed E-state index contributed by atoms with van der Waals surface area (Å²) in [5, 5.41) is 23.7. The average molecular weight is 814 g/mol. The quantitative estimate of drug-likeness (QED) is 0.0323. The molecule has 0 aliphatic heterocycles. The Hall–Kier alpha value is -2.18. The zero-order valence-corrected chi connectivity index (χ0v) is 38.4. The number of unbranched alkanes of at least 4 members (excludes halogenated alkanes) is 27. The highest BCUT2D eigenvalue weighted by atomic mass is 16.5. The van der Waals surface area contributed by atoms with E-state index in [4.69, 9.17) is 4.74 Å². The van der Waals surface area contributed by atoms with E-state index >= 15 is 0 Å². The normalized spacial score (nSPS) is 13.7. The number of aliphatic hydroxyl groups excluding tert-OH is 2. The molecule has 3 unspecified atom stereocenters. The number of allylic oxidation sites excluding steroid dienone is 8. The number of nitrogens with one attached hydrogen (secondary N) is 1. The van der Waals surface area contributed by atoms with Crippen molar-refractivity contribution in [3.05, 3.63) is 48.6 Å². The Kier molecular flexibility index (Phi) is 44.2. The summed E-state index contributed by atoms with van der Waals surface area (Å²) in [5.74, 6) is -0.496. The molecule has 0 saturated heterocycles. The van der Waals surface area contributed by atoms with Crippen LogP contribution in [0.1, 0.15) is 245 Å². The van der Waals surface area contributed by atoms with Crippen molar-refractivity contribution >= 4 is 11.9 Å². The predicted molar refractivity (Wildman–Crippen MR) is 250 cm³/mol. The summed E-state index contributed by atoms with van der Waals surface area (Å²) in [6.07, 6.45) is 54.5. The molecule has 6 nitrogen and oxygen atoms in total. The molecule has 0 saturated carbocycles. The van der Waals surface area contributed by atoms with Gasteiger partial charge in [0.25, 0.3) is 0 Å². The first-order chi connectivity index (χ1) is 28.5. The molecule has 0 aromatic heterocycles. The van der Waals surface area contributed by atoms with Crippen molar-refractivity contribution in [2.24, 2.45) is 0 Å². The highest BCUT2D eigenvalue weighted by molar-refractivity contribution is 5.77.